The van der Waals surface area contributed by atoms with E-state index in [2.05, 4.69) is 10.4 Å². The molecule has 1 amide bonds. The number of amides is 1. The zero-order valence-electron chi connectivity index (χ0n) is 19.2. The van der Waals surface area contributed by atoms with Crippen LogP contribution in [-0.4, -0.2) is 67.5 Å². The van der Waals surface area contributed by atoms with Crippen molar-refractivity contribution in [3.05, 3.63) is 41.6 Å². The molecule has 2 atom stereocenters. The highest BCUT2D eigenvalue weighted by atomic mass is 32.2. The summed E-state index contributed by atoms with van der Waals surface area (Å²) < 4.78 is 36.3. The van der Waals surface area contributed by atoms with Crippen LogP contribution >= 0.6 is 0 Å². The van der Waals surface area contributed by atoms with Crippen LogP contribution < -0.4 is 10.1 Å². The summed E-state index contributed by atoms with van der Waals surface area (Å²) in [5.74, 6) is 0.592. The number of sulfone groups is 1. The van der Waals surface area contributed by atoms with Gasteiger partial charge in [-0.15, -0.1) is 0 Å². The van der Waals surface area contributed by atoms with Crippen molar-refractivity contribution < 1.29 is 22.7 Å². The van der Waals surface area contributed by atoms with E-state index in [-0.39, 0.29) is 29.5 Å². The van der Waals surface area contributed by atoms with E-state index in [1.165, 1.54) is 0 Å². The summed E-state index contributed by atoms with van der Waals surface area (Å²) in [6.45, 7) is 4.06. The van der Waals surface area contributed by atoms with Crippen molar-refractivity contribution in [1.82, 2.24) is 20.1 Å². The van der Waals surface area contributed by atoms with Gasteiger partial charge in [0.1, 0.15) is 5.75 Å². The first-order chi connectivity index (χ1) is 15.7. The number of methoxy groups -OCH3 is 2. The van der Waals surface area contributed by atoms with Crippen LogP contribution in [-0.2, 0) is 14.6 Å². The molecule has 1 fully saturated rings. The minimum absolute atomic E-state index is 0.0179. The molecule has 0 unspecified atom stereocenters. The van der Waals surface area contributed by atoms with Crippen LogP contribution in [0.3, 0.4) is 0 Å². The number of rotatable bonds is 7. The first kappa shape index (κ1) is 23.2. The Hall–Kier alpha value is -2.98. The Bertz CT molecular complexity index is 1280. The lowest BCUT2D eigenvalue weighted by molar-refractivity contribution is 0.0907. The monoisotopic (exact) mass is 472 g/mol. The van der Waals surface area contributed by atoms with E-state index in [4.69, 9.17) is 14.5 Å². The van der Waals surface area contributed by atoms with E-state index in [9.17, 15) is 13.2 Å². The Kier molecular flexibility index (Phi) is 6.40. The molecule has 1 aliphatic heterocycles. The number of benzene rings is 1. The third-order valence-electron chi connectivity index (χ3n) is 5.82. The fraction of sp³-hybridized carbons (Fsp3) is 0.435. The molecule has 1 aliphatic rings. The van der Waals surface area contributed by atoms with Gasteiger partial charge in [0.15, 0.2) is 15.5 Å². The number of fused-ring (bicyclic) bond motifs is 1. The van der Waals surface area contributed by atoms with Crippen LogP contribution in [0, 0.1) is 6.92 Å². The molecular formula is C23H28N4O5S. The zero-order valence-corrected chi connectivity index (χ0v) is 20.0. The number of nitrogens with zero attached hydrogens (tertiary/aromatic N) is 3. The van der Waals surface area contributed by atoms with Gasteiger partial charge in [0.2, 0.25) is 0 Å². The van der Waals surface area contributed by atoms with E-state index < -0.39 is 9.84 Å². The van der Waals surface area contributed by atoms with E-state index in [0.717, 1.165) is 5.56 Å². The lowest BCUT2D eigenvalue weighted by atomic mass is 10.0. The molecule has 10 heteroatoms. The molecule has 4 rings (SSSR count). The molecule has 33 heavy (non-hydrogen) atoms. The van der Waals surface area contributed by atoms with Gasteiger partial charge in [0.05, 0.1) is 53.6 Å². The highest BCUT2D eigenvalue weighted by Gasteiger charge is 2.32. The second-order valence-electron chi connectivity index (χ2n) is 8.40. The summed E-state index contributed by atoms with van der Waals surface area (Å²) in [7, 11) is 0.0620. The maximum absolute atomic E-state index is 13.3. The lowest BCUT2D eigenvalue weighted by Gasteiger charge is -2.15. The average molecular weight is 473 g/mol. The number of aromatic nitrogens is 3. The number of carbonyl (C=O) groups is 1. The Morgan fingerprint density at radius 2 is 2.00 bits per heavy atom. The molecule has 3 heterocycles. The zero-order chi connectivity index (χ0) is 23.8. The van der Waals surface area contributed by atoms with Crippen LogP contribution in [0.4, 0.5) is 0 Å². The molecule has 0 saturated carbocycles. The molecule has 3 aromatic rings. The second-order valence-corrected chi connectivity index (χ2v) is 10.6. The summed E-state index contributed by atoms with van der Waals surface area (Å²) in [6.07, 6.45) is 0.472. The van der Waals surface area contributed by atoms with Crippen LogP contribution in [0.15, 0.2) is 30.3 Å². The van der Waals surface area contributed by atoms with Gasteiger partial charge in [-0.25, -0.2) is 18.1 Å². The van der Waals surface area contributed by atoms with Gasteiger partial charge in [-0.1, -0.05) is 0 Å². The first-order valence-corrected chi connectivity index (χ1v) is 12.6. The highest BCUT2D eigenvalue weighted by molar-refractivity contribution is 7.91. The number of aryl methyl sites for hydroxylation is 1. The summed E-state index contributed by atoms with van der Waals surface area (Å²) >= 11 is 0. The molecule has 9 nitrogen and oxygen atoms in total. The SMILES string of the molecule is COC[C@H](C)NC(=O)c1cc(-c2ccc(OC)cc2)nc2c1c(C)nn2[C@@H]1CCS(=O)(=O)C1. The van der Waals surface area contributed by atoms with Gasteiger partial charge in [-0.05, 0) is 50.6 Å². The normalized spacial score (nSPS) is 18.4. The smallest absolute Gasteiger partial charge is 0.252 e. The lowest BCUT2D eigenvalue weighted by Crippen LogP contribution is -2.35. The van der Waals surface area contributed by atoms with Gasteiger partial charge in [0.25, 0.3) is 5.91 Å². The summed E-state index contributed by atoms with van der Waals surface area (Å²) in [6, 6.07) is 8.65. The van der Waals surface area contributed by atoms with Crippen molar-refractivity contribution in [2.45, 2.75) is 32.4 Å². The van der Waals surface area contributed by atoms with E-state index in [1.54, 1.807) is 25.0 Å². The van der Waals surface area contributed by atoms with Crippen molar-refractivity contribution in [2.24, 2.45) is 0 Å². The molecule has 1 saturated heterocycles. The van der Waals surface area contributed by atoms with Gasteiger partial charge in [0, 0.05) is 18.7 Å². The minimum Gasteiger partial charge on any atom is -0.497 e. The Morgan fingerprint density at radius 3 is 2.61 bits per heavy atom. The van der Waals surface area contributed by atoms with Gasteiger partial charge in [-0.2, -0.15) is 5.10 Å². The number of nitrogens with one attached hydrogen (secondary N) is 1. The van der Waals surface area contributed by atoms with Crippen LogP contribution in [0.25, 0.3) is 22.3 Å². The number of pyridine rings is 1. The fourth-order valence-electron chi connectivity index (χ4n) is 4.22. The third-order valence-corrected chi connectivity index (χ3v) is 7.57. The molecule has 2 aromatic heterocycles. The maximum atomic E-state index is 13.3. The summed E-state index contributed by atoms with van der Waals surface area (Å²) in [5, 5.41) is 8.21. The molecule has 0 radical (unpaired) electrons. The molecule has 0 aliphatic carbocycles. The molecule has 1 aromatic carbocycles. The number of carbonyl (C=O) groups excluding carboxylic acids is 1. The largest absolute Gasteiger partial charge is 0.497 e. The van der Waals surface area contributed by atoms with Crippen molar-refractivity contribution >= 4 is 26.8 Å². The third kappa shape index (κ3) is 4.72. The standard InChI is InChI=1S/C23H28N4O5S/c1-14(12-31-3)24-23(28)19-11-20(16-5-7-18(32-4)8-6-16)25-22-21(19)15(2)26-27(22)17-9-10-33(29,30)13-17/h5-8,11,14,17H,9-10,12-13H2,1-4H3,(H,24,28)/t14-,17+/m0/s1. The number of hydrogen-bond acceptors (Lipinski definition) is 7. The van der Waals surface area contributed by atoms with E-state index in [0.29, 0.717) is 46.8 Å². The topological polar surface area (TPSA) is 112 Å². The van der Waals surface area contributed by atoms with E-state index in [1.807, 2.05) is 38.1 Å². The molecule has 176 valence electrons. The van der Waals surface area contributed by atoms with Crippen molar-refractivity contribution in [2.75, 3.05) is 32.3 Å². The molecule has 0 spiro atoms. The van der Waals surface area contributed by atoms with Gasteiger partial charge in [-0.3, -0.25) is 4.79 Å². The second kappa shape index (κ2) is 9.11. The predicted octanol–water partition coefficient (Wildman–Crippen LogP) is 2.54. The quantitative estimate of drug-likeness (QED) is 0.562. The average Bonchev–Trinajstić information content (AvgIpc) is 3.32. The number of ether oxygens (including phenoxy) is 2. The maximum Gasteiger partial charge on any atom is 0.252 e. The van der Waals surface area contributed by atoms with Crippen LogP contribution in [0.2, 0.25) is 0 Å². The number of hydrogen-bond donors (Lipinski definition) is 1. The first-order valence-electron chi connectivity index (χ1n) is 10.8. The predicted molar refractivity (Wildman–Crippen MR) is 125 cm³/mol. The summed E-state index contributed by atoms with van der Waals surface area (Å²) in [5.41, 5.74) is 2.98. The summed E-state index contributed by atoms with van der Waals surface area (Å²) in [4.78, 5) is 18.1. The molecule has 0 bridgehead atoms. The van der Waals surface area contributed by atoms with Crippen molar-refractivity contribution in [3.63, 3.8) is 0 Å². The van der Waals surface area contributed by atoms with Gasteiger partial charge < -0.3 is 14.8 Å². The van der Waals surface area contributed by atoms with Crippen molar-refractivity contribution in [3.8, 4) is 17.0 Å². The highest BCUT2D eigenvalue weighted by Crippen LogP contribution is 2.32. The van der Waals surface area contributed by atoms with Gasteiger partial charge >= 0.3 is 0 Å². The minimum atomic E-state index is -3.12. The Morgan fingerprint density at radius 1 is 1.27 bits per heavy atom. The van der Waals surface area contributed by atoms with Crippen molar-refractivity contribution in [1.29, 1.82) is 0 Å². The fourth-order valence-corrected chi connectivity index (χ4v) is 5.91. The molecular weight excluding hydrogens is 444 g/mol. The molecule has 1 N–H and O–H groups in total. The van der Waals surface area contributed by atoms with Crippen LogP contribution in [0.1, 0.15) is 35.4 Å². The van der Waals surface area contributed by atoms with E-state index >= 15 is 0 Å². The Balaban J connectivity index is 1.87. The Labute approximate surface area is 193 Å². The van der Waals surface area contributed by atoms with Crippen LogP contribution in [0.5, 0.6) is 5.75 Å².